The molecule has 3 heterocycles. The van der Waals surface area contributed by atoms with Crippen molar-refractivity contribution in [2.45, 2.75) is 31.2 Å². The molecule has 3 N–H and O–H groups in total. The van der Waals surface area contributed by atoms with Crippen molar-refractivity contribution in [3.8, 4) is 0 Å². The third-order valence-electron chi connectivity index (χ3n) is 5.49. The van der Waals surface area contributed by atoms with Gasteiger partial charge in [0, 0.05) is 35.9 Å². The van der Waals surface area contributed by atoms with Gasteiger partial charge in [-0.1, -0.05) is 12.1 Å². The Labute approximate surface area is 150 Å². The number of rotatable bonds is 3. The Morgan fingerprint density at radius 2 is 2.12 bits per heavy atom. The summed E-state index contributed by atoms with van der Waals surface area (Å²) >= 11 is 1.74. The number of aliphatic imine (C=N–C) groups is 1. The highest BCUT2D eigenvalue weighted by Crippen LogP contribution is 2.53. The maximum absolute atomic E-state index is 12.9. The first-order valence-electron chi connectivity index (χ1n) is 8.57. The second-order valence-corrected chi connectivity index (χ2v) is 8.33. The molecule has 2 aliphatic heterocycles. The van der Waals surface area contributed by atoms with Crippen LogP contribution in [0.15, 0.2) is 39.1 Å². The van der Waals surface area contributed by atoms with Crippen molar-refractivity contribution in [3.05, 3.63) is 45.2 Å². The number of H-pyrrole nitrogens is 1. The van der Waals surface area contributed by atoms with E-state index in [1.165, 1.54) is 4.90 Å². The number of guanidine groups is 1. The van der Waals surface area contributed by atoms with Crippen molar-refractivity contribution in [1.29, 1.82) is 0 Å². The quantitative estimate of drug-likeness (QED) is 0.860. The van der Waals surface area contributed by atoms with Gasteiger partial charge in [-0.25, -0.2) is 4.99 Å². The molecule has 0 saturated heterocycles. The minimum Gasteiger partial charge on any atom is -0.369 e. The van der Waals surface area contributed by atoms with Crippen molar-refractivity contribution in [3.63, 3.8) is 0 Å². The summed E-state index contributed by atoms with van der Waals surface area (Å²) in [5.74, 6) is 1.71. The molecule has 7 heteroatoms. The van der Waals surface area contributed by atoms with Gasteiger partial charge in [0.1, 0.15) is 5.54 Å². The summed E-state index contributed by atoms with van der Waals surface area (Å²) in [5, 5.41) is 0. The van der Waals surface area contributed by atoms with Gasteiger partial charge in [-0.2, -0.15) is 0 Å². The van der Waals surface area contributed by atoms with Crippen LogP contribution in [0.25, 0.3) is 0 Å². The van der Waals surface area contributed by atoms with Crippen LogP contribution in [0.2, 0.25) is 0 Å². The van der Waals surface area contributed by atoms with Crippen LogP contribution in [0.5, 0.6) is 0 Å². The molecule has 3 aliphatic rings. The topological polar surface area (TPSA) is 91.5 Å². The Hall–Kier alpha value is -2.02. The molecule has 0 aromatic carbocycles. The Morgan fingerprint density at radius 1 is 1.36 bits per heavy atom. The fraction of sp³-hybridized carbons (Fsp3) is 0.500. The standard InChI is InChI=1S/C18H22N4O2S/c1-18(15(10-3-4-10)16(24)22(2)17(19)21-18)13-7-12(9-25-13)11-5-6-14(23)20-8-11/h5-8,10,12,15H,3-4,9H2,1-2H3,(H2,19,21)(H,20,23)/t12?,15-,18?/m1/s1. The smallest absolute Gasteiger partial charge is 0.247 e. The lowest BCUT2D eigenvalue weighted by Crippen LogP contribution is -2.56. The van der Waals surface area contributed by atoms with E-state index in [-0.39, 0.29) is 23.3 Å². The predicted octanol–water partition coefficient (Wildman–Crippen LogP) is 1.66. The third-order valence-corrected chi connectivity index (χ3v) is 6.88. The number of allylic oxidation sites excluding steroid dienone is 1. The van der Waals surface area contributed by atoms with E-state index in [1.807, 2.05) is 13.0 Å². The lowest BCUT2D eigenvalue weighted by Gasteiger charge is -2.41. The van der Waals surface area contributed by atoms with Crippen LogP contribution >= 0.6 is 11.8 Å². The number of hydrogen-bond donors (Lipinski definition) is 2. The number of amides is 1. The van der Waals surface area contributed by atoms with Crippen LogP contribution in [-0.2, 0) is 4.79 Å². The largest absolute Gasteiger partial charge is 0.369 e. The van der Waals surface area contributed by atoms with Crippen molar-refractivity contribution in [1.82, 2.24) is 9.88 Å². The molecule has 1 aromatic rings. The van der Waals surface area contributed by atoms with E-state index in [4.69, 9.17) is 10.7 Å². The van der Waals surface area contributed by atoms with Crippen molar-refractivity contribution >= 4 is 23.6 Å². The van der Waals surface area contributed by atoms with Gasteiger partial charge in [-0.3, -0.25) is 14.5 Å². The molecule has 0 radical (unpaired) electrons. The molecule has 0 bridgehead atoms. The lowest BCUT2D eigenvalue weighted by molar-refractivity contribution is -0.134. The number of carbonyl (C=O) groups is 1. The Kier molecular flexibility index (Phi) is 3.79. The van der Waals surface area contributed by atoms with Gasteiger partial charge >= 0.3 is 0 Å². The average Bonchev–Trinajstić information content (AvgIpc) is 3.27. The van der Waals surface area contributed by atoms with E-state index in [0.29, 0.717) is 11.9 Å². The first-order valence-corrected chi connectivity index (χ1v) is 9.55. The summed E-state index contributed by atoms with van der Waals surface area (Å²) in [7, 11) is 1.70. The summed E-state index contributed by atoms with van der Waals surface area (Å²) in [6, 6.07) is 3.41. The number of carbonyl (C=O) groups excluding carboxylic acids is 1. The van der Waals surface area contributed by atoms with Crippen LogP contribution < -0.4 is 11.3 Å². The number of nitrogens with zero attached hydrogens (tertiary/aromatic N) is 2. The first kappa shape index (κ1) is 16.4. The number of thioether (sulfide) groups is 1. The zero-order chi connectivity index (χ0) is 17.8. The summed E-state index contributed by atoms with van der Waals surface area (Å²) in [4.78, 5) is 34.3. The van der Waals surface area contributed by atoms with Gasteiger partial charge in [0.15, 0.2) is 5.96 Å². The molecule has 1 aromatic heterocycles. The second-order valence-electron chi connectivity index (χ2n) is 7.26. The molecule has 2 unspecified atom stereocenters. The Balaban J connectivity index is 1.71. The van der Waals surface area contributed by atoms with Crippen molar-refractivity contribution in [2.75, 3.05) is 12.8 Å². The van der Waals surface area contributed by atoms with Crippen LogP contribution in [0.1, 0.15) is 31.2 Å². The van der Waals surface area contributed by atoms with Crippen LogP contribution in [0.3, 0.4) is 0 Å². The van der Waals surface area contributed by atoms with Crippen molar-refractivity contribution < 1.29 is 4.79 Å². The van der Waals surface area contributed by atoms with E-state index in [0.717, 1.165) is 29.1 Å². The van der Waals surface area contributed by atoms with E-state index >= 15 is 0 Å². The number of aromatic nitrogens is 1. The highest BCUT2D eigenvalue weighted by atomic mass is 32.2. The summed E-state index contributed by atoms with van der Waals surface area (Å²) in [5.41, 5.74) is 6.42. The van der Waals surface area contributed by atoms with Gasteiger partial charge in [-0.05, 0) is 31.2 Å². The number of aromatic amines is 1. The molecule has 25 heavy (non-hydrogen) atoms. The highest BCUT2D eigenvalue weighted by Gasteiger charge is 2.54. The number of nitrogens with two attached hydrogens (primary N) is 1. The van der Waals surface area contributed by atoms with E-state index in [9.17, 15) is 9.59 Å². The van der Waals surface area contributed by atoms with E-state index < -0.39 is 5.54 Å². The fourth-order valence-corrected chi connectivity index (χ4v) is 5.24. The monoisotopic (exact) mass is 358 g/mol. The second kappa shape index (κ2) is 5.76. The SMILES string of the molecule is CN1C(=O)[C@@H](C2CC2)C(C)(C2=CC(c3ccc(=O)[nH]c3)CS2)N=C1N. The molecule has 0 spiro atoms. The number of pyridine rings is 1. The van der Waals surface area contributed by atoms with Gasteiger partial charge in [-0.15, -0.1) is 11.8 Å². The zero-order valence-electron chi connectivity index (χ0n) is 14.4. The van der Waals surface area contributed by atoms with Crippen LogP contribution in [-0.4, -0.2) is 40.1 Å². The fourth-order valence-electron chi connectivity index (χ4n) is 3.86. The van der Waals surface area contributed by atoms with E-state index in [2.05, 4.69) is 11.1 Å². The third kappa shape index (κ3) is 2.70. The number of hydrogen-bond acceptors (Lipinski definition) is 5. The molecule has 1 saturated carbocycles. The maximum Gasteiger partial charge on any atom is 0.247 e. The van der Waals surface area contributed by atoms with Crippen molar-refractivity contribution in [2.24, 2.45) is 22.6 Å². The van der Waals surface area contributed by atoms with E-state index in [1.54, 1.807) is 31.1 Å². The minimum atomic E-state index is -0.587. The Bertz CT molecular complexity index is 821. The average molecular weight is 358 g/mol. The molecule has 1 aliphatic carbocycles. The minimum absolute atomic E-state index is 0.0755. The predicted molar refractivity (Wildman–Crippen MR) is 99.4 cm³/mol. The first-order chi connectivity index (χ1) is 11.9. The normalized spacial score (nSPS) is 32.6. The van der Waals surface area contributed by atoms with Crippen LogP contribution in [0, 0.1) is 11.8 Å². The molecule has 132 valence electrons. The summed E-state index contributed by atoms with van der Waals surface area (Å²) in [6.07, 6.45) is 6.13. The zero-order valence-corrected chi connectivity index (χ0v) is 15.2. The molecule has 1 amide bonds. The molecule has 4 rings (SSSR count). The molecular weight excluding hydrogens is 336 g/mol. The van der Waals surface area contributed by atoms with Gasteiger partial charge in [0.2, 0.25) is 11.5 Å². The lowest BCUT2D eigenvalue weighted by atomic mass is 9.79. The molecule has 3 atom stereocenters. The molecule has 1 fully saturated rings. The molecule has 6 nitrogen and oxygen atoms in total. The van der Waals surface area contributed by atoms with Gasteiger partial charge < -0.3 is 10.7 Å². The Morgan fingerprint density at radius 3 is 2.76 bits per heavy atom. The van der Waals surface area contributed by atoms with Gasteiger partial charge in [0.25, 0.3) is 0 Å². The molecular formula is C18H22N4O2S. The number of nitrogens with one attached hydrogen (secondary N) is 1. The van der Waals surface area contributed by atoms with Crippen LogP contribution in [0.4, 0.5) is 0 Å². The summed E-state index contributed by atoms with van der Waals surface area (Å²) < 4.78 is 0. The summed E-state index contributed by atoms with van der Waals surface area (Å²) in [6.45, 7) is 2.04. The highest BCUT2D eigenvalue weighted by molar-refractivity contribution is 8.03. The maximum atomic E-state index is 12.9. The van der Waals surface area contributed by atoms with Gasteiger partial charge in [0.05, 0.1) is 5.92 Å².